The fourth-order valence-corrected chi connectivity index (χ4v) is 2.41. The lowest BCUT2D eigenvalue weighted by molar-refractivity contribution is -0.380. The number of carboxylic acids is 1. The van der Waals surface area contributed by atoms with Crippen molar-refractivity contribution in [1.82, 2.24) is 4.90 Å². The number of aliphatic carboxylic acids is 1. The van der Waals surface area contributed by atoms with Crippen molar-refractivity contribution in [3.05, 3.63) is 27.1 Å². The second kappa shape index (κ2) is 6.46. The molecule has 0 saturated carbocycles. The van der Waals surface area contributed by atoms with E-state index in [9.17, 15) is 14.9 Å². The molecule has 0 spiro atoms. The van der Waals surface area contributed by atoms with Gasteiger partial charge in [-0.05, 0) is 11.5 Å². The number of rotatable bonds is 7. The monoisotopic (exact) mass is 272 g/mol. The molecule has 0 aromatic carbocycles. The molecule has 0 radical (unpaired) electrons. The predicted octanol–water partition coefficient (Wildman–Crippen LogP) is 2.20. The lowest BCUT2D eigenvalue weighted by atomic mass is 10.2. The van der Waals surface area contributed by atoms with Crippen molar-refractivity contribution in [3.8, 4) is 0 Å². The Morgan fingerprint density at radius 2 is 2.28 bits per heavy atom. The molecule has 0 atom stereocenters. The first-order chi connectivity index (χ1) is 8.38. The highest BCUT2D eigenvalue weighted by atomic mass is 32.1. The van der Waals surface area contributed by atoms with E-state index in [1.807, 2.05) is 13.8 Å². The van der Waals surface area contributed by atoms with Crippen LogP contribution in [0.5, 0.6) is 0 Å². The molecule has 1 aromatic rings. The highest BCUT2D eigenvalue weighted by molar-refractivity contribution is 7.13. The highest BCUT2D eigenvalue weighted by Gasteiger charge is 2.15. The molecule has 100 valence electrons. The minimum Gasteiger partial charge on any atom is -0.480 e. The minimum absolute atomic E-state index is 0.0537. The number of nitro groups is 1. The van der Waals surface area contributed by atoms with Gasteiger partial charge in [-0.2, -0.15) is 0 Å². The van der Waals surface area contributed by atoms with E-state index in [0.29, 0.717) is 19.0 Å². The molecule has 0 saturated heterocycles. The van der Waals surface area contributed by atoms with Gasteiger partial charge in [-0.25, -0.2) is 0 Å². The molecule has 1 aromatic heterocycles. The highest BCUT2D eigenvalue weighted by Crippen LogP contribution is 2.23. The normalized spacial score (nSPS) is 11.1. The summed E-state index contributed by atoms with van der Waals surface area (Å²) in [5.74, 6) is -0.543. The van der Waals surface area contributed by atoms with Crippen LogP contribution in [0, 0.1) is 16.0 Å². The lowest BCUT2D eigenvalue weighted by Crippen LogP contribution is -2.32. The lowest BCUT2D eigenvalue weighted by Gasteiger charge is -2.21. The van der Waals surface area contributed by atoms with Gasteiger partial charge in [-0.1, -0.05) is 25.2 Å². The second-order valence-corrected chi connectivity index (χ2v) is 5.40. The number of thiophene rings is 1. The predicted molar refractivity (Wildman–Crippen MR) is 68.7 cm³/mol. The molecule has 1 heterocycles. The van der Waals surface area contributed by atoms with Gasteiger partial charge in [-0.3, -0.25) is 19.8 Å². The van der Waals surface area contributed by atoms with Crippen molar-refractivity contribution in [2.45, 2.75) is 20.4 Å². The van der Waals surface area contributed by atoms with Crippen molar-refractivity contribution in [2.24, 2.45) is 5.92 Å². The van der Waals surface area contributed by atoms with E-state index in [-0.39, 0.29) is 11.5 Å². The molecule has 0 aliphatic rings. The molecule has 6 nitrogen and oxygen atoms in total. The van der Waals surface area contributed by atoms with Crippen LogP contribution in [0.3, 0.4) is 0 Å². The van der Waals surface area contributed by atoms with Crippen LogP contribution < -0.4 is 0 Å². The first-order valence-electron chi connectivity index (χ1n) is 5.54. The van der Waals surface area contributed by atoms with Crippen LogP contribution in [0.1, 0.15) is 19.4 Å². The smallest absolute Gasteiger partial charge is 0.324 e. The third-order valence-corrected chi connectivity index (χ3v) is 3.14. The Kier molecular flexibility index (Phi) is 5.24. The Balaban J connectivity index is 2.68. The first-order valence-corrected chi connectivity index (χ1v) is 6.42. The topological polar surface area (TPSA) is 83.7 Å². The zero-order valence-electron chi connectivity index (χ0n) is 10.3. The van der Waals surface area contributed by atoms with Gasteiger partial charge in [0.25, 0.3) is 0 Å². The molecule has 0 amide bonds. The molecule has 0 fully saturated rings. The van der Waals surface area contributed by atoms with Gasteiger partial charge in [0.05, 0.1) is 11.5 Å². The van der Waals surface area contributed by atoms with Crippen molar-refractivity contribution in [2.75, 3.05) is 13.1 Å². The van der Waals surface area contributed by atoms with E-state index in [2.05, 4.69) is 0 Å². The number of hydrogen-bond acceptors (Lipinski definition) is 5. The van der Waals surface area contributed by atoms with Crippen LogP contribution in [-0.2, 0) is 11.3 Å². The van der Waals surface area contributed by atoms with Gasteiger partial charge < -0.3 is 5.11 Å². The van der Waals surface area contributed by atoms with Crippen molar-refractivity contribution < 1.29 is 14.8 Å². The first kappa shape index (κ1) is 14.6. The SMILES string of the molecule is CC(C)CN(CC(=O)O)Cc1csc([N+](=O)[O-])c1. The van der Waals surface area contributed by atoms with Crippen LogP contribution in [0.15, 0.2) is 11.4 Å². The summed E-state index contributed by atoms with van der Waals surface area (Å²) in [6, 6.07) is 1.50. The Morgan fingerprint density at radius 3 is 2.72 bits per heavy atom. The number of carbonyl (C=O) groups is 1. The second-order valence-electron chi connectivity index (χ2n) is 4.51. The van der Waals surface area contributed by atoms with E-state index in [4.69, 9.17) is 5.11 Å². The molecule has 7 heteroatoms. The van der Waals surface area contributed by atoms with Crippen LogP contribution in [0.25, 0.3) is 0 Å². The van der Waals surface area contributed by atoms with Crippen LogP contribution in [0.4, 0.5) is 5.00 Å². The molecule has 0 bridgehead atoms. The summed E-state index contributed by atoms with van der Waals surface area (Å²) in [5, 5.41) is 21.2. The van der Waals surface area contributed by atoms with Gasteiger partial charge in [0, 0.05) is 24.5 Å². The van der Waals surface area contributed by atoms with E-state index in [1.165, 1.54) is 6.07 Å². The van der Waals surface area contributed by atoms with Gasteiger partial charge in [-0.15, -0.1) is 0 Å². The van der Waals surface area contributed by atoms with Gasteiger partial charge in [0.15, 0.2) is 0 Å². The molecule has 0 aliphatic heterocycles. The molecule has 1 rings (SSSR count). The summed E-state index contributed by atoms with van der Waals surface area (Å²) in [7, 11) is 0. The third kappa shape index (κ3) is 4.80. The minimum atomic E-state index is -0.889. The van der Waals surface area contributed by atoms with Crippen molar-refractivity contribution in [3.63, 3.8) is 0 Å². The maximum Gasteiger partial charge on any atom is 0.324 e. The fraction of sp³-hybridized carbons (Fsp3) is 0.545. The van der Waals surface area contributed by atoms with Gasteiger partial charge in [0.1, 0.15) is 0 Å². The Labute approximate surface area is 109 Å². The summed E-state index contributed by atoms with van der Waals surface area (Å²) in [4.78, 5) is 22.7. The summed E-state index contributed by atoms with van der Waals surface area (Å²) >= 11 is 1.06. The zero-order valence-corrected chi connectivity index (χ0v) is 11.1. The van der Waals surface area contributed by atoms with Crippen LogP contribution in [-0.4, -0.2) is 34.0 Å². The van der Waals surface area contributed by atoms with Crippen LogP contribution >= 0.6 is 11.3 Å². The maximum absolute atomic E-state index is 10.7. The Hall–Kier alpha value is -1.47. The quantitative estimate of drug-likeness (QED) is 0.607. The van der Waals surface area contributed by atoms with E-state index in [1.54, 1.807) is 10.3 Å². The molecule has 0 unspecified atom stereocenters. The van der Waals surface area contributed by atoms with Gasteiger partial charge in [0.2, 0.25) is 0 Å². The summed E-state index contributed by atoms with van der Waals surface area (Å²) < 4.78 is 0. The molecule has 18 heavy (non-hydrogen) atoms. The average molecular weight is 272 g/mol. The standard InChI is InChI=1S/C11H16N2O4S/c1-8(2)4-12(6-11(14)15)5-9-3-10(13(16)17)18-7-9/h3,7-8H,4-6H2,1-2H3,(H,14,15). The number of nitrogens with zero attached hydrogens (tertiary/aromatic N) is 2. The maximum atomic E-state index is 10.7. The van der Waals surface area contributed by atoms with Gasteiger partial charge >= 0.3 is 11.0 Å². The molecular weight excluding hydrogens is 256 g/mol. The fourth-order valence-electron chi connectivity index (χ4n) is 1.69. The van der Waals surface area contributed by atoms with E-state index in [0.717, 1.165) is 16.9 Å². The largest absolute Gasteiger partial charge is 0.480 e. The Morgan fingerprint density at radius 1 is 1.61 bits per heavy atom. The number of carboxylic acid groups (broad SMARTS) is 1. The zero-order chi connectivity index (χ0) is 13.7. The van der Waals surface area contributed by atoms with E-state index >= 15 is 0 Å². The summed E-state index contributed by atoms with van der Waals surface area (Å²) in [5.41, 5.74) is 0.786. The summed E-state index contributed by atoms with van der Waals surface area (Å²) in [6.07, 6.45) is 0. The average Bonchev–Trinajstić information content (AvgIpc) is 2.63. The van der Waals surface area contributed by atoms with Crippen molar-refractivity contribution >= 4 is 22.3 Å². The van der Waals surface area contributed by atoms with Crippen molar-refractivity contribution in [1.29, 1.82) is 0 Å². The number of hydrogen-bond donors (Lipinski definition) is 1. The molecular formula is C11H16N2O4S. The summed E-state index contributed by atoms with van der Waals surface area (Å²) in [6.45, 7) is 5.03. The third-order valence-electron chi connectivity index (χ3n) is 2.21. The molecule has 0 aliphatic carbocycles. The molecule has 1 N–H and O–H groups in total. The van der Waals surface area contributed by atoms with E-state index < -0.39 is 10.9 Å². The van der Waals surface area contributed by atoms with Crippen LogP contribution in [0.2, 0.25) is 0 Å². The Bertz CT molecular complexity index is 430.